The lowest BCUT2D eigenvalue weighted by Gasteiger charge is -2.32. The van der Waals surface area contributed by atoms with E-state index in [2.05, 4.69) is 34.6 Å². The molecule has 0 aliphatic heterocycles. The van der Waals surface area contributed by atoms with Crippen LogP contribution < -0.4 is 0 Å². The van der Waals surface area contributed by atoms with Crippen LogP contribution in [-0.4, -0.2) is 5.11 Å². The minimum absolute atomic E-state index is 0.346. The molecule has 0 saturated heterocycles. The Morgan fingerprint density at radius 1 is 1.06 bits per heavy atom. The zero-order valence-electron chi connectivity index (χ0n) is 11.1. The van der Waals surface area contributed by atoms with Gasteiger partial charge in [-0.25, -0.2) is 0 Å². The van der Waals surface area contributed by atoms with Gasteiger partial charge in [0, 0.05) is 0 Å². The first kappa shape index (κ1) is 13.1. The summed E-state index contributed by atoms with van der Waals surface area (Å²) in [7, 11) is 0. The third kappa shape index (κ3) is 3.26. The van der Waals surface area contributed by atoms with Crippen molar-refractivity contribution in [3.05, 3.63) is 29.8 Å². The molecule has 0 saturated carbocycles. The van der Waals surface area contributed by atoms with Crippen molar-refractivity contribution in [1.82, 2.24) is 0 Å². The van der Waals surface area contributed by atoms with Crippen LogP contribution in [0.1, 0.15) is 52.5 Å². The van der Waals surface area contributed by atoms with Crippen LogP contribution in [0.2, 0.25) is 0 Å². The number of aromatic hydroxyl groups is 1. The molecule has 0 heterocycles. The Hall–Kier alpha value is -0.980. The molecule has 1 heteroatoms. The van der Waals surface area contributed by atoms with Gasteiger partial charge in [0.2, 0.25) is 0 Å². The molecule has 1 unspecified atom stereocenters. The SMILES string of the molecule is CC(CC(C)(C)C(C)C)c1ccc(O)cc1. The lowest BCUT2D eigenvalue weighted by Crippen LogP contribution is -2.21. The molecule has 1 nitrogen and oxygen atoms in total. The van der Waals surface area contributed by atoms with Gasteiger partial charge in [0.1, 0.15) is 5.75 Å². The zero-order valence-corrected chi connectivity index (χ0v) is 11.1. The van der Waals surface area contributed by atoms with Crippen LogP contribution in [-0.2, 0) is 0 Å². The number of hydrogen-bond acceptors (Lipinski definition) is 1. The van der Waals surface area contributed by atoms with Gasteiger partial charge in [-0.1, -0.05) is 46.8 Å². The van der Waals surface area contributed by atoms with E-state index in [9.17, 15) is 5.11 Å². The van der Waals surface area contributed by atoms with Crippen LogP contribution in [0.5, 0.6) is 5.75 Å². The summed E-state index contributed by atoms with van der Waals surface area (Å²) in [6.45, 7) is 11.5. The van der Waals surface area contributed by atoms with Gasteiger partial charge in [-0.2, -0.15) is 0 Å². The molecule has 1 N–H and O–H groups in total. The summed E-state index contributed by atoms with van der Waals surface area (Å²) < 4.78 is 0. The largest absolute Gasteiger partial charge is 0.508 e. The highest BCUT2D eigenvalue weighted by molar-refractivity contribution is 5.28. The Kier molecular flexibility index (Phi) is 4.01. The van der Waals surface area contributed by atoms with Gasteiger partial charge in [-0.15, -0.1) is 0 Å². The normalized spacial score (nSPS) is 14.1. The summed E-state index contributed by atoms with van der Waals surface area (Å²) >= 11 is 0. The first-order valence-electron chi connectivity index (χ1n) is 6.12. The van der Waals surface area contributed by atoms with E-state index < -0.39 is 0 Å². The topological polar surface area (TPSA) is 20.2 Å². The maximum Gasteiger partial charge on any atom is 0.115 e. The standard InChI is InChI=1S/C15H24O/c1-11(2)15(4,5)10-12(3)13-6-8-14(16)9-7-13/h6-9,11-12,16H,10H2,1-5H3. The molecule has 0 aliphatic carbocycles. The Morgan fingerprint density at radius 2 is 1.56 bits per heavy atom. The second-order valence-corrected chi connectivity index (χ2v) is 5.84. The van der Waals surface area contributed by atoms with Crippen molar-refractivity contribution < 1.29 is 5.11 Å². The predicted molar refractivity (Wildman–Crippen MR) is 69.8 cm³/mol. The monoisotopic (exact) mass is 220 g/mol. The summed E-state index contributed by atoms with van der Waals surface area (Å²) in [6, 6.07) is 7.59. The van der Waals surface area contributed by atoms with Crippen molar-refractivity contribution in [3.8, 4) is 5.75 Å². The minimum atomic E-state index is 0.346. The fourth-order valence-electron chi connectivity index (χ4n) is 1.95. The molecule has 16 heavy (non-hydrogen) atoms. The molecule has 1 rings (SSSR count). The smallest absolute Gasteiger partial charge is 0.115 e. The lowest BCUT2D eigenvalue weighted by molar-refractivity contribution is 0.215. The van der Waals surface area contributed by atoms with E-state index in [0.29, 0.717) is 23.0 Å². The Labute approximate surface area is 99.5 Å². The average Bonchev–Trinajstić information content (AvgIpc) is 2.17. The van der Waals surface area contributed by atoms with Crippen LogP contribution in [0.4, 0.5) is 0 Å². The van der Waals surface area contributed by atoms with Gasteiger partial charge in [0.25, 0.3) is 0 Å². The van der Waals surface area contributed by atoms with E-state index >= 15 is 0 Å². The fourth-order valence-corrected chi connectivity index (χ4v) is 1.95. The van der Waals surface area contributed by atoms with Gasteiger partial charge >= 0.3 is 0 Å². The van der Waals surface area contributed by atoms with E-state index in [0.717, 1.165) is 0 Å². The van der Waals surface area contributed by atoms with E-state index in [1.165, 1.54) is 12.0 Å². The highest BCUT2D eigenvalue weighted by Crippen LogP contribution is 2.37. The molecular formula is C15H24O. The summed E-state index contributed by atoms with van der Waals surface area (Å²) in [5.74, 6) is 1.57. The number of hydrogen-bond donors (Lipinski definition) is 1. The first-order valence-corrected chi connectivity index (χ1v) is 6.12. The highest BCUT2D eigenvalue weighted by atomic mass is 16.3. The molecule has 1 aromatic rings. The molecule has 0 fully saturated rings. The average molecular weight is 220 g/mol. The van der Waals surface area contributed by atoms with Crippen LogP contribution >= 0.6 is 0 Å². The van der Waals surface area contributed by atoms with Crippen molar-refractivity contribution in [2.45, 2.75) is 47.0 Å². The van der Waals surface area contributed by atoms with E-state index in [-0.39, 0.29) is 0 Å². The van der Waals surface area contributed by atoms with Crippen LogP contribution in [0.3, 0.4) is 0 Å². The van der Waals surface area contributed by atoms with Crippen molar-refractivity contribution in [2.75, 3.05) is 0 Å². The van der Waals surface area contributed by atoms with Crippen LogP contribution in [0, 0.1) is 11.3 Å². The summed E-state index contributed by atoms with van der Waals surface area (Å²) in [5.41, 5.74) is 1.67. The third-order valence-electron chi connectivity index (χ3n) is 3.86. The molecule has 90 valence electrons. The van der Waals surface area contributed by atoms with E-state index in [1.807, 2.05) is 12.1 Å². The zero-order chi connectivity index (χ0) is 12.3. The predicted octanol–water partition coefficient (Wildman–Crippen LogP) is 4.57. The second kappa shape index (κ2) is 4.90. The lowest BCUT2D eigenvalue weighted by atomic mass is 9.73. The first-order chi connectivity index (χ1) is 7.33. The van der Waals surface area contributed by atoms with Crippen molar-refractivity contribution in [1.29, 1.82) is 0 Å². The third-order valence-corrected chi connectivity index (χ3v) is 3.86. The Morgan fingerprint density at radius 3 is 2.00 bits per heavy atom. The van der Waals surface area contributed by atoms with E-state index in [1.54, 1.807) is 12.1 Å². The molecule has 1 atom stereocenters. The molecule has 0 aromatic heterocycles. The molecule has 1 aromatic carbocycles. The summed E-state index contributed by atoms with van der Waals surface area (Å²) in [5, 5.41) is 9.26. The minimum Gasteiger partial charge on any atom is -0.508 e. The van der Waals surface area contributed by atoms with E-state index in [4.69, 9.17) is 0 Å². The molecule has 0 bridgehead atoms. The molecule has 0 spiro atoms. The Balaban J connectivity index is 2.72. The number of rotatable bonds is 4. The number of phenolic OH excluding ortho intramolecular Hbond substituents is 1. The number of benzene rings is 1. The van der Waals surface area contributed by atoms with Gasteiger partial charge in [0.15, 0.2) is 0 Å². The summed E-state index contributed by atoms with van der Waals surface area (Å²) in [6.07, 6.45) is 1.18. The van der Waals surface area contributed by atoms with Crippen molar-refractivity contribution in [3.63, 3.8) is 0 Å². The second-order valence-electron chi connectivity index (χ2n) is 5.84. The fraction of sp³-hybridized carbons (Fsp3) is 0.600. The van der Waals surface area contributed by atoms with Gasteiger partial charge in [-0.05, 0) is 41.4 Å². The van der Waals surface area contributed by atoms with Crippen molar-refractivity contribution >= 4 is 0 Å². The quantitative estimate of drug-likeness (QED) is 0.788. The van der Waals surface area contributed by atoms with Crippen molar-refractivity contribution in [2.24, 2.45) is 11.3 Å². The maximum atomic E-state index is 9.26. The Bertz CT molecular complexity index is 322. The molecule has 0 radical (unpaired) electrons. The highest BCUT2D eigenvalue weighted by Gasteiger charge is 2.25. The summed E-state index contributed by atoms with van der Waals surface area (Å²) in [4.78, 5) is 0. The molecule has 0 amide bonds. The van der Waals surface area contributed by atoms with Gasteiger partial charge in [-0.3, -0.25) is 0 Å². The van der Waals surface area contributed by atoms with Crippen LogP contribution in [0.25, 0.3) is 0 Å². The van der Waals surface area contributed by atoms with Crippen LogP contribution in [0.15, 0.2) is 24.3 Å². The molecule has 0 aliphatic rings. The number of phenols is 1. The molecular weight excluding hydrogens is 196 g/mol. The maximum absolute atomic E-state index is 9.26. The van der Waals surface area contributed by atoms with Gasteiger partial charge < -0.3 is 5.11 Å². The van der Waals surface area contributed by atoms with Gasteiger partial charge in [0.05, 0.1) is 0 Å².